The third-order valence-electron chi connectivity index (χ3n) is 3.01. The topological polar surface area (TPSA) is 47.6 Å². The van der Waals surface area contributed by atoms with E-state index in [9.17, 15) is 4.79 Å². The van der Waals surface area contributed by atoms with E-state index in [2.05, 4.69) is 5.32 Å². The lowest BCUT2D eigenvalue weighted by atomic mass is 10.1. The zero-order valence-electron chi connectivity index (χ0n) is 11.8. The number of ether oxygens (including phenoxy) is 2. The molecule has 1 unspecified atom stereocenters. The average molecular weight is 306 g/mol. The zero-order chi connectivity index (χ0) is 15.2. The molecule has 0 aliphatic heterocycles. The Morgan fingerprint density at radius 2 is 1.81 bits per heavy atom. The van der Waals surface area contributed by atoms with Crippen LogP contribution >= 0.6 is 11.6 Å². The summed E-state index contributed by atoms with van der Waals surface area (Å²) in [6.07, 6.45) is -0.699. The Morgan fingerprint density at radius 3 is 2.43 bits per heavy atom. The van der Waals surface area contributed by atoms with Crippen LogP contribution in [0.4, 0.5) is 5.69 Å². The lowest BCUT2D eigenvalue weighted by Gasteiger charge is -2.17. The van der Waals surface area contributed by atoms with Gasteiger partial charge in [-0.3, -0.25) is 4.79 Å². The molecule has 0 aromatic heterocycles. The van der Waals surface area contributed by atoms with Gasteiger partial charge in [0, 0.05) is 7.11 Å². The van der Waals surface area contributed by atoms with Crippen molar-refractivity contribution < 1.29 is 14.3 Å². The quantitative estimate of drug-likeness (QED) is 0.916. The molecule has 2 aromatic carbocycles. The van der Waals surface area contributed by atoms with Gasteiger partial charge in [-0.2, -0.15) is 0 Å². The van der Waals surface area contributed by atoms with Crippen molar-refractivity contribution in [1.82, 2.24) is 0 Å². The van der Waals surface area contributed by atoms with Gasteiger partial charge in [-0.25, -0.2) is 0 Å². The van der Waals surface area contributed by atoms with Crippen molar-refractivity contribution in [3.63, 3.8) is 0 Å². The highest BCUT2D eigenvalue weighted by Gasteiger charge is 2.21. The summed E-state index contributed by atoms with van der Waals surface area (Å²) in [5, 5.41) is 3.21. The molecule has 0 radical (unpaired) electrons. The van der Waals surface area contributed by atoms with E-state index in [4.69, 9.17) is 21.1 Å². The minimum atomic E-state index is -0.699. The zero-order valence-corrected chi connectivity index (χ0v) is 12.6. The Bertz CT molecular complexity index is 616. The van der Waals surface area contributed by atoms with E-state index in [0.717, 1.165) is 5.56 Å². The first-order chi connectivity index (χ1) is 10.2. The van der Waals surface area contributed by atoms with Crippen molar-refractivity contribution in [3.8, 4) is 5.75 Å². The number of carbonyl (C=O) groups excluding carboxylic acids is 1. The Labute approximate surface area is 128 Å². The molecule has 1 atom stereocenters. The summed E-state index contributed by atoms with van der Waals surface area (Å²) in [5.41, 5.74) is 1.28. The Balaban J connectivity index is 2.23. The largest absolute Gasteiger partial charge is 0.493 e. The fourth-order valence-corrected chi connectivity index (χ4v) is 2.29. The van der Waals surface area contributed by atoms with Gasteiger partial charge in [-0.15, -0.1) is 0 Å². The third kappa shape index (κ3) is 3.54. The van der Waals surface area contributed by atoms with Gasteiger partial charge in [-0.05, 0) is 17.7 Å². The highest BCUT2D eigenvalue weighted by atomic mass is 35.5. The average Bonchev–Trinajstić information content (AvgIpc) is 2.49. The number of amides is 1. The second-order valence-corrected chi connectivity index (χ2v) is 4.74. The van der Waals surface area contributed by atoms with E-state index in [-0.39, 0.29) is 5.91 Å². The summed E-state index contributed by atoms with van der Waals surface area (Å²) in [6.45, 7) is 0. The van der Waals surface area contributed by atoms with Gasteiger partial charge in [-0.1, -0.05) is 48.0 Å². The number of benzene rings is 2. The highest BCUT2D eigenvalue weighted by molar-refractivity contribution is 6.32. The molecule has 2 aromatic rings. The summed E-state index contributed by atoms with van der Waals surface area (Å²) in [5.74, 6) is 0.139. The molecule has 0 saturated carbocycles. The molecule has 0 aliphatic carbocycles. The van der Waals surface area contributed by atoms with Crippen LogP contribution in [0.1, 0.15) is 11.7 Å². The van der Waals surface area contributed by atoms with Crippen LogP contribution in [-0.4, -0.2) is 20.1 Å². The minimum Gasteiger partial charge on any atom is -0.493 e. The van der Waals surface area contributed by atoms with Gasteiger partial charge < -0.3 is 14.8 Å². The molecule has 1 amide bonds. The summed E-state index contributed by atoms with van der Waals surface area (Å²) in [4.78, 5) is 12.4. The van der Waals surface area contributed by atoms with E-state index in [1.165, 1.54) is 14.2 Å². The van der Waals surface area contributed by atoms with Crippen LogP contribution in [0.15, 0.2) is 48.5 Å². The molecule has 2 rings (SSSR count). The molecular weight excluding hydrogens is 290 g/mol. The van der Waals surface area contributed by atoms with Crippen molar-refractivity contribution in [1.29, 1.82) is 0 Å². The molecule has 0 aliphatic rings. The standard InChI is InChI=1S/C16H16ClNO3/c1-20-14(11-7-4-3-5-8-11)16(19)18-13-10-6-9-12(17)15(13)21-2/h3-10,14H,1-2H3,(H,18,19). The molecule has 21 heavy (non-hydrogen) atoms. The SMILES string of the molecule is COc1c(Cl)cccc1NC(=O)C(OC)c1ccccc1. The highest BCUT2D eigenvalue weighted by Crippen LogP contribution is 2.33. The summed E-state index contributed by atoms with van der Waals surface area (Å²) < 4.78 is 10.5. The van der Waals surface area contributed by atoms with Gasteiger partial charge in [0.15, 0.2) is 11.9 Å². The molecule has 0 spiro atoms. The maximum atomic E-state index is 12.4. The molecule has 0 fully saturated rings. The maximum Gasteiger partial charge on any atom is 0.258 e. The first-order valence-corrected chi connectivity index (χ1v) is 6.76. The molecule has 110 valence electrons. The molecule has 0 bridgehead atoms. The molecule has 5 heteroatoms. The minimum absolute atomic E-state index is 0.288. The normalized spacial score (nSPS) is 11.8. The van der Waals surface area contributed by atoms with E-state index in [1.807, 2.05) is 30.3 Å². The fraction of sp³-hybridized carbons (Fsp3) is 0.188. The number of hydrogen-bond acceptors (Lipinski definition) is 3. The van der Waals surface area contributed by atoms with E-state index >= 15 is 0 Å². The Morgan fingerprint density at radius 1 is 1.10 bits per heavy atom. The predicted molar refractivity (Wildman–Crippen MR) is 82.8 cm³/mol. The second kappa shape index (κ2) is 7.11. The van der Waals surface area contributed by atoms with Crippen molar-refractivity contribution >= 4 is 23.2 Å². The third-order valence-corrected chi connectivity index (χ3v) is 3.30. The molecule has 0 saturated heterocycles. The Hall–Kier alpha value is -2.04. The first-order valence-electron chi connectivity index (χ1n) is 6.38. The van der Waals surface area contributed by atoms with E-state index in [1.54, 1.807) is 18.2 Å². The first kappa shape index (κ1) is 15.4. The van der Waals surface area contributed by atoms with Gasteiger partial charge in [0.25, 0.3) is 5.91 Å². The number of hydrogen-bond donors (Lipinski definition) is 1. The smallest absolute Gasteiger partial charge is 0.258 e. The second-order valence-electron chi connectivity index (χ2n) is 4.34. The van der Waals surface area contributed by atoms with Crippen molar-refractivity contribution in [2.24, 2.45) is 0 Å². The molecule has 0 heterocycles. The van der Waals surface area contributed by atoms with Gasteiger partial charge in [0.2, 0.25) is 0 Å². The van der Waals surface area contributed by atoms with Crippen LogP contribution in [0.3, 0.4) is 0 Å². The number of methoxy groups -OCH3 is 2. The molecular formula is C16H16ClNO3. The van der Waals surface area contributed by atoms with E-state index in [0.29, 0.717) is 16.5 Å². The number of anilines is 1. The lowest BCUT2D eigenvalue weighted by molar-refractivity contribution is -0.126. The Kier molecular flexibility index (Phi) is 5.20. The maximum absolute atomic E-state index is 12.4. The molecule has 4 nitrogen and oxygen atoms in total. The monoisotopic (exact) mass is 305 g/mol. The van der Waals surface area contributed by atoms with Crippen LogP contribution in [-0.2, 0) is 9.53 Å². The summed E-state index contributed by atoms with van der Waals surface area (Å²) in [7, 11) is 2.99. The van der Waals surface area contributed by atoms with Gasteiger partial charge in [0.05, 0.1) is 17.8 Å². The lowest BCUT2D eigenvalue weighted by Crippen LogP contribution is -2.22. The van der Waals surface area contributed by atoms with Gasteiger partial charge >= 0.3 is 0 Å². The van der Waals surface area contributed by atoms with Crippen molar-refractivity contribution in [2.75, 3.05) is 19.5 Å². The van der Waals surface area contributed by atoms with Crippen LogP contribution < -0.4 is 10.1 Å². The van der Waals surface area contributed by atoms with E-state index < -0.39 is 6.10 Å². The van der Waals surface area contributed by atoms with Crippen molar-refractivity contribution in [3.05, 3.63) is 59.1 Å². The fourth-order valence-electron chi connectivity index (χ4n) is 2.04. The number of carbonyl (C=O) groups is 1. The summed E-state index contributed by atoms with van der Waals surface area (Å²) >= 11 is 6.04. The number of halogens is 1. The number of rotatable bonds is 5. The summed E-state index contributed by atoms with van der Waals surface area (Å²) in [6, 6.07) is 14.4. The van der Waals surface area contributed by atoms with Crippen LogP contribution in [0.25, 0.3) is 0 Å². The predicted octanol–water partition coefficient (Wildman–Crippen LogP) is 3.67. The van der Waals surface area contributed by atoms with Crippen molar-refractivity contribution in [2.45, 2.75) is 6.10 Å². The van der Waals surface area contributed by atoms with Crippen LogP contribution in [0.2, 0.25) is 5.02 Å². The van der Waals surface area contributed by atoms with Crippen LogP contribution in [0, 0.1) is 0 Å². The number of nitrogens with one attached hydrogen (secondary N) is 1. The number of para-hydroxylation sites is 1. The van der Waals surface area contributed by atoms with Gasteiger partial charge in [0.1, 0.15) is 0 Å². The molecule has 1 N–H and O–H groups in total. The van der Waals surface area contributed by atoms with Crippen LogP contribution in [0.5, 0.6) is 5.75 Å².